The minimum atomic E-state index is -0.422. The fraction of sp³-hybridized carbons (Fsp3) is 0. The third kappa shape index (κ3) is 1.33. The topological polar surface area (TPSA) is 17.1 Å². The summed E-state index contributed by atoms with van der Waals surface area (Å²) >= 11 is 0. The molecule has 0 aromatic heterocycles. The van der Waals surface area contributed by atoms with E-state index in [-0.39, 0.29) is 13.8 Å². The minimum absolute atomic E-state index is 0.206. The van der Waals surface area contributed by atoms with Crippen LogP contribution in [0.25, 0.3) is 0 Å². The van der Waals surface area contributed by atoms with E-state index in [2.05, 4.69) is 0 Å². The number of benzene rings is 1. The summed E-state index contributed by atoms with van der Waals surface area (Å²) in [6.07, 6.45) is 0. The van der Waals surface area contributed by atoms with Gasteiger partial charge in [0.25, 0.3) is 0 Å². The Morgan fingerprint density at radius 2 is 2.00 bits per heavy atom. The van der Waals surface area contributed by atoms with Gasteiger partial charge in [-0.25, -0.2) is 4.39 Å². The van der Waals surface area contributed by atoms with Crippen LogP contribution in [0.1, 0.15) is 0 Å². The zero-order chi connectivity index (χ0) is 6.69. The molecule has 3 heteroatoms. The van der Waals surface area contributed by atoms with Gasteiger partial charge in [0.15, 0.2) is 8.46 Å². The first-order valence-electron chi connectivity index (χ1n) is 2.42. The second-order valence-electron chi connectivity index (χ2n) is 1.54. The van der Waals surface area contributed by atoms with Gasteiger partial charge in [0, 0.05) is 0 Å². The first kappa shape index (κ1) is 6.37. The Kier molecular flexibility index (Phi) is 1.91. The second kappa shape index (κ2) is 2.70. The van der Waals surface area contributed by atoms with Gasteiger partial charge in [-0.15, -0.1) is 0 Å². The largest absolute Gasteiger partial charge is 0.269 e. The summed E-state index contributed by atoms with van der Waals surface area (Å²) in [5.41, 5.74) is 0. The third-order valence-corrected chi connectivity index (χ3v) is 1.51. The van der Waals surface area contributed by atoms with Crippen molar-refractivity contribution in [2.75, 3.05) is 0 Å². The molecule has 0 aliphatic heterocycles. The van der Waals surface area contributed by atoms with Gasteiger partial charge >= 0.3 is 0 Å². The third-order valence-electron chi connectivity index (χ3n) is 0.951. The van der Waals surface area contributed by atoms with E-state index in [9.17, 15) is 8.96 Å². The molecule has 0 atom stereocenters. The molecule has 0 bridgehead atoms. The molecule has 1 rings (SSSR count). The molecule has 0 heterocycles. The molecule has 1 aromatic rings. The minimum Gasteiger partial charge on any atom is -0.269 e. The van der Waals surface area contributed by atoms with Crippen LogP contribution in [0.15, 0.2) is 24.3 Å². The smallest absolute Gasteiger partial charge is 0.195 e. The van der Waals surface area contributed by atoms with Crippen molar-refractivity contribution >= 4 is 13.8 Å². The molecule has 0 saturated carbocycles. The highest BCUT2D eigenvalue weighted by Crippen LogP contribution is 2.00. The quantitative estimate of drug-likeness (QED) is 0.546. The molecule has 0 unspecified atom stereocenters. The maximum absolute atomic E-state index is 12.4. The van der Waals surface area contributed by atoms with Crippen LogP contribution in [0, 0.1) is 5.82 Å². The van der Waals surface area contributed by atoms with Crippen LogP contribution in [0.5, 0.6) is 0 Å². The van der Waals surface area contributed by atoms with Gasteiger partial charge in [0.1, 0.15) is 5.82 Å². The summed E-state index contributed by atoms with van der Waals surface area (Å²) < 4.78 is 22.5. The van der Waals surface area contributed by atoms with Crippen LogP contribution in [-0.4, -0.2) is 0 Å². The Hall–Kier alpha value is -0.750. The van der Waals surface area contributed by atoms with Gasteiger partial charge < -0.3 is 0 Å². The molecule has 9 heavy (non-hydrogen) atoms. The molecule has 0 amide bonds. The predicted octanol–water partition coefficient (Wildman–Crippen LogP) is 1.74. The summed E-state index contributed by atoms with van der Waals surface area (Å²) in [6.45, 7) is 0. The van der Waals surface area contributed by atoms with Gasteiger partial charge in [-0.3, -0.25) is 4.57 Å². The zero-order valence-corrected chi connectivity index (χ0v) is 5.44. The highest BCUT2D eigenvalue weighted by Gasteiger charge is 1.96. The Labute approximate surface area is 53.7 Å². The molecule has 1 aromatic carbocycles. The van der Waals surface area contributed by atoms with E-state index >= 15 is 0 Å². The lowest BCUT2D eigenvalue weighted by Gasteiger charge is -1.87. The average molecular weight is 142 g/mol. The lowest BCUT2D eigenvalue weighted by Crippen LogP contribution is -1.95. The van der Waals surface area contributed by atoms with Gasteiger partial charge in [-0.05, 0) is 12.1 Å². The molecule has 0 spiro atoms. The predicted molar refractivity (Wildman–Crippen MR) is 33.6 cm³/mol. The second-order valence-corrected chi connectivity index (χ2v) is 2.21. The van der Waals surface area contributed by atoms with Crippen LogP contribution >= 0.6 is 8.46 Å². The van der Waals surface area contributed by atoms with Crippen molar-refractivity contribution in [1.29, 1.82) is 0 Å². The molecular formula is C6H4FOP. The lowest BCUT2D eigenvalue weighted by molar-refractivity contribution is 0.599. The molecule has 0 radical (unpaired) electrons. The summed E-state index contributed by atoms with van der Waals surface area (Å²) in [4.78, 5) is 0. The SMILES string of the molecule is O=Pc1ccccc1F. The first-order valence-corrected chi connectivity index (χ1v) is 3.23. The molecule has 0 fully saturated rings. The summed E-state index contributed by atoms with van der Waals surface area (Å²) in [7, 11) is -0.263. The lowest BCUT2D eigenvalue weighted by atomic mass is 10.3. The zero-order valence-electron chi connectivity index (χ0n) is 4.54. The van der Waals surface area contributed by atoms with E-state index in [1.54, 1.807) is 12.1 Å². The van der Waals surface area contributed by atoms with Crippen molar-refractivity contribution < 1.29 is 8.96 Å². The van der Waals surface area contributed by atoms with Gasteiger partial charge in [0.05, 0.1) is 5.30 Å². The van der Waals surface area contributed by atoms with E-state index in [1.807, 2.05) is 0 Å². The average Bonchev–Trinajstić information content (AvgIpc) is 1.89. The highest BCUT2D eigenvalue weighted by atomic mass is 31.1. The normalized spacial score (nSPS) is 9.89. The van der Waals surface area contributed by atoms with Crippen molar-refractivity contribution in [2.24, 2.45) is 0 Å². The van der Waals surface area contributed by atoms with Crippen LogP contribution in [0.2, 0.25) is 0 Å². The van der Waals surface area contributed by atoms with E-state index in [0.717, 1.165) is 0 Å². The Morgan fingerprint density at radius 1 is 1.33 bits per heavy atom. The van der Waals surface area contributed by atoms with Crippen molar-refractivity contribution in [3.63, 3.8) is 0 Å². The van der Waals surface area contributed by atoms with Gasteiger partial charge in [-0.1, -0.05) is 12.1 Å². The van der Waals surface area contributed by atoms with E-state index in [4.69, 9.17) is 0 Å². The van der Waals surface area contributed by atoms with Crippen molar-refractivity contribution in [2.45, 2.75) is 0 Å². The van der Waals surface area contributed by atoms with E-state index in [0.29, 0.717) is 0 Å². The van der Waals surface area contributed by atoms with E-state index < -0.39 is 5.82 Å². The maximum Gasteiger partial charge on any atom is 0.195 e. The number of rotatable bonds is 1. The Morgan fingerprint density at radius 3 is 2.44 bits per heavy atom. The summed E-state index contributed by atoms with van der Waals surface area (Å²) in [5, 5.41) is 0.206. The molecule has 0 aliphatic carbocycles. The van der Waals surface area contributed by atoms with Gasteiger partial charge in [-0.2, -0.15) is 0 Å². The molecular weight excluding hydrogens is 138 g/mol. The highest BCUT2D eigenvalue weighted by molar-refractivity contribution is 7.34. The standard InChI is InChI=1S/C6H4FOP/c7-5-3-1-2-4-6(5)9-8/h1-4H. The molecule has 0 aliphatic rings. The van der Waals surface area contributed by atoms with Crippen molar-refractivity contribution in [1.82, 2.24) is 0 Å². The molecule has 1 nitrogen and oxygen atoms in total. The fourth-order valence-electron chi connectivity index (χ4n) is 0.526. The fourth-order valence-corrected chi connectivity index (χ4v) is 0.834. The van der Waals surface area contributed by atoms with Crippen LogP contribution in [-0.2, 0) is 4.57 Å². The summed E-state index contributed by atoms with van der Waals surface area (Å²) in [6, 6.07) is 5.96. The Bertz CT molecular complexity index is 224. The number of hydrogen-bond acceptors (Lipinski definition) is 1. The first-order chi connectivity index (χ1) is 4.34. The molecule has 0 N–H and O–H groups in total. The molecule has 0 saturated heterocycles. The van der Waals surface area contributed by atoms with Gasteiger partial charge in [0.2, 0.25) is 0 Å². The van der Waals surface area contributed by atoms with Crippen LogP contribution in [0.3, 0.4) is 0 Å². The van der Waals surface area contributed by atoms with E-state index in [1.165, 1.54) is 12.1 Å². The van der Waals surface area contributed by atoms with Crippen molar-refractivity contribution in [3.8, 4) is 0 Å². The van der Waals surface area contributed by atoms with Crippen molar-refractivity contribution in [3.05, 3.63) is 30.1 Å². The monoisotopic (exact) mass is 142 g/mol. The van der Waals surface area contributed by atoms with Crippen LogP contribution in [0.4, 0.5) is 4.39 Å². The summed E-state index contributed by atoms with van der Waals surface area (Å²) in [5.74, 6) is -0.422. The maximum atomic E-state index is 12.4. The Balaban J connectivity index is 3.15. The number of hydrogen-bond donors (Lipinski definition) is 0. The van der Waals surface area contributed by atoms with Crippen LogP contribution < -0.4 is 5.30 Å². The molecule has 46 valence electrons. The number of halogens is 1.